The molecule has 2 N–H and O–H groups in total. The van der Waals surface area contributed by atoms with Crippen molar-refractivity contribution in [1.82, 2.24) is 4.98 Å². The van der Waals surface area contributed by atoms with Gasteiger partial charge in [-0.2, -0.15) is 0 Å². The first-order valence-corrected chi connectivity index (χ1v) is 13.1. The lowest BCUT2D eigenvalue weighted by molar-refractivity contribution is 0.404. The third kappa shape index (κ3) is 5.15. The second kappa shape index (κ2) is 10.0. The molecule has 1 fully saturated rings. The molecule has 0 radical (unpaired) electrons. The van der Waals surface area contributed by atoms with Gasteiger partial charge in [0.05, 0.1) is 17.7 Å². The van der Waals surface area contributed by atoms with Crippen LogP contribution < -0.4 is 14.8 Å². The Morgan fingerprint density at radius 1 is 1.03 bits per heavy atom. The Labute approximate surface area is 197 Å². The molecule has 1 saturated carbocycles. The van der Waals surface area contributed by atoms with Crippen molar-refractivity contribution < 1.29 is 8.95 Å². The lowest BCUT2D eigenvalue weighted by Gasteiger charge is -2.22. The molecule has 1 atom stereocenters. The van der Waals surface area contributed by atoms with Crippen LogP contribution in [-0.4, -0.2) is 22.3 Å². The third-order valence-corrected chi connectivity index (χ3v) is 8.35. The minimum Gasteiger partial charge on any atom is -0.495 e. The van der Waals surface area contributed by atoms with Crippen LogP contribution >= 0.6 is 11.3 Å². The van der Waals surface area contributed by atoms with Crippen LogP contribution in [0, 0.1) is 20.8 Å². The SMILES string of the molecule is COc1ccc(-c2sc(NC3CCCCC3)nc2C)cc1S(=O)Nc1ccc(C)c(C)c1. The summed E-state index contributed by atoms with van der Waals surface area (Å²) in [6.45, 7) is 6.15. The predicted octanol–water partition coefficient (Wildman–Crippen LogP) is 6.62. The molecule has 0 aliphatic heterocycles. The molecule has 0 amide bonds. The number of aryl methyl sites for hydroxylation is 3. The van der Waals surface area contributed by atoms with Gasteiger partial charge < -0.3 is 14.8 Å². The Morgan fingerprint density at radius 2 is 1.81 bits per heavy atom. The van der Waals surface area contributed by atoms with Gasteiger partial charge >= 0.3 is 0 Å². The molecule has 0 spiro atoms. The number of nitrogens with zero attached hydrogens (tertiary/aromatic N) is 1. The Balaban J connectivity index is 1.58. The second-order valence-corrected chi connectivity index (χ2v) is 10.6. The van der Waals surface area contributed by atoms with Gasteiger partial charge in [0.2, 0.25) is 0 Å². The first-order chi connectivity index (χ1) is 15.4. The number of methoxy groups -OCH3 is 1. The van der Waals surface area contributed by atoms with E-state index in [9.17, 15) is 4.21 Å². The van der Waals surface area contributed by atoms with E-state index in [1.165, 1.54) is 37.7 Å². The zero-order chi connectivity index (χ0) is 22.7. The van der Waals surface area contributed by atoms with Gasteiger partial charge in [0.15, 0.2) is 16.1 Å². The van der Waals surface area contributed by atoms with Crippen LogP contribution in [0.15, 0.2) is 41.3 Å². The van der Waals surface area contributed by atoms with E-state index < -0.39 is 11.0 Å². The average Bonchev–Trinajstić information content (AvgIpc) is 3.16. The Bertz CT molecular complexity index is 1120. The molecule has 1 unspecified atom stereocenters. The number of anilines is 2. The molecule has 0 bridgehead atoms. The van der Waals surface area contributed by atoms with Gasteiger partial charge in [0.1, 0.15) is 10.6 Å². The molecule has 32 heavy (non-hydrogen) atoms. The van der Waals surface area contributed by atoms with E-state index in [1.807, 2.05) is 43.3 Å². The minimum absolute atomic E-state index is 0.517. The molecule has 1 aliphatic rings. The predicted molar refractivity (Wildman–Crippen MR) is 135 cm³/mol. The summed E-state index contributed by atoms with van der Waals surface area (Å²) >= 11 is 1.67. The van der Waals surface area contributed by atoms with E-state index >= 15 is 0 Å². The summed E-state index contributed by atoms with van der Waals surface area (Å²) in [5.74, 6) is 0.603. The van der Waals surface area contributed by atoms with Gasteiger partial charge in [-0.05, 0) is 80.6 Å². The Kier molecular flexibility index (Phi) is 7.16. The Morgan fingerprint density at radius 3 is 2.53 bits per heavy atom. The van der Waals surface area contributed by atoms with Gasteiger partial charge in [0, 0.05) is 11.7 Å². The van der Waals surface area contributed by atoms with E-state index in [4.69, 9.17) is 9.72 Å². The molecule has 1 aliphatic carbocycles. The van der Waals surface area contributed by atoms with Gasteiger partial charge in [-0.1, -0.05) is 36.7 Å². The van der Waals surface area contributed by atoms with E-state index in [1.54, 1.807) is 18.4 Å². The summed E-state index contributed by atoms with van der Waals surface area (Å²) in [4.78, 5) is 6.48. The standard InChI is InChI=1S/C25H31N3O2S2/c1-16-10-12-21(14-17(16)2)28-32(29)23-15-19(11-13-22(23)30-4)24-18(3)26-25(31-24)27-20-8-6-5-7-9-20/h10-15,20,28H,5-9H2,1-4H3,(H,26,27). The van der Waals surface area contributed by atoms with Crippen LogP contribution in [0.4, 0.5) is 10.8 Å². The van der Waals surface area contributed by atoms with Crippen molar-refractivity contribution in [2.75, 3.05) is 17.1 Å². The number of rotatable bonds is 7. The number of hydrogen-bond donors (Lipinski definition) is 2. The monoisotopic (exact) mass is 469 g/mol. The van der Waals surface area contributed by atoms with Crippen LogP contribution in [0.1, 0.15) is 48.9 Å². The fourth-order valence-corrected chi connectivity index (χ4v) is 6.14. The van der Waals surface area contributed by atoms with Crippen LogP contribution in [0.2, 0.25) is 0 Å². The van der Waals surface area contributed by atoms with E-state index in [0.717, 1.165) is 32.5 Å². The third-order valence-electron chi connectivity index (χ3n) is 6.07. The molecule has 4 rings (SSSR count). The zero-order valence-corrected chi connectivity index (χ0v) is 20.8. The maximum Gasteiger partial charge on any atom is 0.183 e. The number of nitrogens with one attached hydrogen (secondary N) is 2. The molecule has 0 saturated heterocycles. The molecule has 1 aromatic heterocycles. The van der Waals surface area contributed by atoms with Gasteiger partial charge in [-0.15, -0.1) is 0 Å². The maximum absolute atomic E-state index is 13.2. The van der Waals surface area contributed by atoms with E-state index in [0.29, 0.717) is 16.7 Å². The quantitative estimate of drug-likeness (QED) is 0.408. The summed E-state index contributed by atoms with van der Waals surface area (Å²) in [5.41, 5.74) is 5.18. The maximum atomic E-state index is 13.2. The lowest BCUT2D eigenvalue weighted by atomic mass is 9.96. The number of thiazole rings is 1. The number of hydrogen-bond acceptors (Lipinski definition) is 5. The van der Waals surface area contributed by atoms with Crippen molar-refractivity contribution in [3.05, 3.63) is 53.2 Å². The Hall–Kier alpha value is -2.38. The largest absolute Gasteiger partial charge is 0.495 e. The van der Waals surface area contributed by atoms with Crippen molar-refractivity contribution in [3.8, 4) is 16.2 Å². The fraction of sp³-hybridized carbons (Fsp3) is 0.400. The van der Waals surface area contributed by atoms with Crippen molar-refractivity contribution in [1.29, 1.82) is 0 Å². The van der Waals surface area contributed by atoms with Gasteiger partial charge in [-0.25, -0.2) is 9.19 Å². The van der Waals surface area contributed by atoms with Crippen molar-refractivity contribution in [3.63, 3.8) is 0 Å². The molecular formula is C25H31N3O2S2. The normalized spacial score (nSPS) is 15.4. The summed E-state index contributed by atoms with van der Waals surface area (Å²) in [6.07, 6.45) is 6.34. The van der Waals surface area contributed by atoms with E-state index in [2.05, 4.69) is 23.9 Å². The van der Waals surface area contributed by atoms with Crippen molar-refractivity contribution >= 4 is 33.1 Å². The molecule has 1 heterocycles. The highest BCUT2D eigenvalue weighted by Crippen LogP contribution is 2.37. The summed E-state index contributed by atoms with van der Waals surface area (Å²) < 4.78 is 21.9. The number of benzene rings is 2. The zero-order valence-electron chi connectivity index (χ0n) is 19.2. The lowest BCUT2D eigenvalue weighted by Crippen LogP contribution is -2.21. The van der Waals surface area contributed by atoms with Crippen molar-refractivity contribution in [2.45, 2.75) is 63.8 Å². The second-order valence-electron chi connectivity index (χ2n) is 8.45. The first-order valence-electron chi connectivity index (χ1n) is 11.1. The molecule has 7 heteroatoms. The molecule has 3 aromatic rings. The summed E-state index contributed by atoms with van der Waals surface area (Å²) in [7, 11) is 0.150. The smallest absolute Gasteiger partial charge is 0.183 e. The minimum atomic E-state index is -1.46. The molecule has 170 valence electrons. The summed E-state index contributed by atoms with van der Waals surface area (Å²) in [5, 5.41) is 4.59. The summed E-state index contributed by atoms with van der Waals surface area (Å²) in [6, 6.07) is 12.4. The van der Waals surface area contributed by atoms with E-state index in [-0.39, 0.29) is 0 Å². The molecular weight excluding hydrogens is 438 g/mol. The highest BCUT2D eigenvalue weighted by Gasteiger charge is 2.19. The topological polar surface area (TPSA) is 63.2 Å². The van der Waals surface area contributed by atoms with Gasteiger partial charge in [-0.3, -0.25) is 0 Å². The highest BCUT2D eigenvalue weighted by molar-refractivity contribution is 7.86. The first kappa shape index (κ1) is 22.8. The fourth-order valence-electron chi connectivity index (χ4n) is 4.08. The van der Waals surface area contributed by atoms with Crippen LogP contribution in [0.25, 0.3) is 10.4 Å². The average molecular weight is 470 g/mol. The molecule has 2 aromatic carbocycles. The van der Waals surface area contributed by atoms with Gasteiger partial charge in [0.25, 0.3) is 0 Å². The van der Waals surface area contributed by atoms with Crippen LogP contribution in [0.5, 0.6) is 5.75 Å². The molecule has 5 nitrogen and oxygen atoms in total. The number of aromatic nitrogens is 1. The number of ether oxygens (including phenoxy) is 1. The van der Waals surface area contributed by atoms with Crippen molar-refractivity contribution in [2.24, 2.45) is 0 Å². The van der Waals surface area contributed by atoms with Crippen LogP contribution in [-0.2, 0) is 11.0 Å². The highest BCUT2D eigenvalue weighted by atomic mass is 32.2. The van der Waals surface area contributed by atoms with Crippen LogP contribution in [0.3, 0.4) is 0 Å².